The molecule has 7 aromatic carbocycles. The minimum absolute atomic E-state index is 0.0957. The van der Waals surface area contributed by atoms with Crippen LogP contribution in [-0.2, 0) is 93.6 Å². The van der Waals surface area contributed by atoms with Crippen LogP contribution in [0.1, 0.15) is 38.9 Å². The topological polar surface area (TPSA) is 113 Å². The lowest BCUT2D eigenvalue weighted by Gasteiger charge is -2.47. The lowest BCUT2D eigenvalue weighted by molar-refractivity contribution is -0.349. The van der Waals surface area contributed by atoms with Crippen LogP contribution >= 0.6 is 0 Å². The summed E-state index contributed by atoms with van der Waals surface area (Å²) in [4.78, 5) is 0. The van der Waals surface area contributed by atoms with Gasteiger partial charge in [-0.2, -0.15) is 0 Å². The van der Waals surface area contributed by atoms with E-state index in [1.54, 1.807) is 0 Å². The van der Waals surface area contributed by atoms with Crippen molar-refractivity contribution in [1.82, 2.24) is 0 Å². The van der Waals surface area contributed by atoms with Crippen molar-refractivity contribution in [2.45, 2.75) is 108 Å². The van der Waals surface area contributed by atoms with Crippen LogP contribution in [0.3, 0.4) is 0 Å². The molecule has 2 heterocycles. The SMILES string of the molecule is OC1O[C@H](CO[C@H]2O[C@H](COCc3ccccc3)[C@@H](OCc3ccccc3)[C@H](OCc3ccccc3)[C@@H]2OCc2ccccc2)[C@@H](OCc2ccccc2)[C@H](OCc2ccccc2)[C@@H]1OCc1ccccc1. The van der Waals surface area contributed by atoms with Gasteiger partial charge in [-0.25, -0.2) is 0 Å². The minimum atomic E-state index is -1.41. The Balaban J connectivity index is 1.04. The number of hydrogen-bond donors (Lipinski definition) is 1. The summed E-state index contributed by atoms with van der Waals surface area (Å²) < 4.78 is 67.9. The standard InChI is InChI=1S/C61H64O11/c62-60-58(68-41-50-32-18-6-19-33-50)56(66-39-48-28-14-4-15-29-48)55(65-38-47-26-12-3-13-27-47)53(71-60)44-70-61-59(69-42-51-34-20-7-21-35-51)57(67-40-49-30-16-5-17-31-49)54(64-37-46-24-10-2-11-25-46)52(72-61)43-63-36-45-22-8-1-9-23-45/h1-35,52-62H,36-44H2/t52-,53-,54-,55-,56+,57+,58+,59+,60?,61+/m1/s1. The highest BCUT2D eigenvalue weighted by Gasteiger charge is 2.52. The van der Waals surface area contributed by atoms with E-state index in [4.69, 9.17) is 47.4 Å². The molecule has 72 heavy (non-hydrogen) atoms. The highest BCUT2D eigenvalue weighted by atomic mass is 16.7. The molecule has 0 saturated carbocycles. The predicted octanol–water partition coefficient (Wildman–Crippen LogP) is 10.2. The highest BCUT2D eigenvalue weighted by Crippen LogP contribution is 2.34. The van der Waals surface area contributed by atoms with Crippen molar-refractivity contribution in [3.8, 4) is 0 Å². The Labute approximate surface area is 423 Å². The molecule has 2 aliphatic rings. The van der Waals surface area contributed by atoms with Gasteiger partial charge in [0.15, 0.2) is 12.6 Å². The Bertz CT molecular complexity index is 2550. The zero-order valence-corrected chi connectivity index (χ0v) is 40.4. The van der Waals surface area contributed by atoms with Crippen molar-refractivity contribution in [3.63, 3.8) is 0 Å². The number of benzene rings is 7. The average Bonchev–Trinajstić information content (AvgIpc) is 3.44. The number of aliphatic hydroxyl groups is 1. The molecule has 2 fully saturated rings. The van der Waals surface area contributed by atoms with E-state index >= 15 is 0 Å². The van der Waals surface area contributed by atoms with E-state index in [0.717, 1.165) is 38.9 Å². The fourth-order valence-corrected chi connectivity index (χ4v) is 8.97. The Kier molecular flexibility index (Phi) is 19.3. The van der Waals surface area contributed by atoms with Gasteiger partial charge in [-0.05, 0) is 38.9 Å². The molecule has 0 amide bonds. The van der Waals surface area contributed by atoms with Crippen LogP contribution in [0, 0.1) is 0 Å². The summed E-state index contributed by atoms with van der Waals surface area (Å²) in [6, 6.07) is 69.7. The molecule has 1 unspecified atom stereocenters. The normalized spacial score (nSPS) is 24.2. The molecule has 11 nitrogen and oxygen atoms in total. The fraction of sp³-hybridized carbons (Fsp3) is 0.311. The molecule has 0 aliphatic carbocycles. The van der Waals surface area contributed by atoms with Gasteiger partial charge in [0, 0.05) is 0 Å². The second-order valence-corrected chi connectivity index (χ2v) is 18.0. The van der Waals surface area contributed by atoms with Crippen molar-refractivity contribution in [1.29, 1.82) is 0 Å². The van der Waals surface area contributed by atoms with Crippen LogP contribution in [0.15, 0.2) is 212 Å². The van der Waals surface area contributed by atoms with Gasteiger partial charge in [-0.15, -0.1) is 0 Å². The maximum atomic E-state index is 12.0. The molecule has 0 spiro atoms. The molecule has 0 radical (unpaired) electrons. The summed E-state index contributed by atoms with van der Waals surface area (Å²) >= 11 is 0. The molecule has 1 N–H and O–H groups in total. The molecule has 7 aromatic rings. The van der Waals surface area contributed by atoms with Gasteiger partial charge < -0.3 is 52.5 Å². The van der Waals surface area contributed by atoms with Gasteiger partial charge in [0.25, 0.3) is 0 Å². The monoisotopic (exact) mass is 972 g/mol. The Morgan fingerprint density at radius 2 is 0.556 bits per heavy atom. The molecular formula is C61H64O11. The van der Waals surface area contributed by atoms with E-state index in [2.05, 4.69) is 0 Å². The van der Waals surface area contributed by atoms with E-state index < -0.39 is 61.4 Å². The molecule has 2 aliphatic heterocycles. The smallest absolute Gasteiger partial charge is 0.187 e. The van der Waals surface area contributed by atoms with Gasteiger partial charge in [0.05, 0.1) is 59.5 Å². The fourth-order valence-electron chi connectivity index (χ4n) is 8.97. The van der Waals surface area contributed by atoms with E-state index in [9.17, 15) is 5.11 Å². The molecular weight excluding hydrogens is 909 g/mol. The third-order valence-electron chi connectivity index (χ3n) is 12.7. The van der Waals surface area contributed by atoms with Crippen molar-refractivity contribution in [2.24, 2.45) is 0 Å². The van der Waals surface area contributed by atoms with Gasteiger partial charge in [0.2, 0.25) is 0 Å². The maximum absolute atomic E-state index is 12.0. The quantitative estimate of drug-likeness (QED) is 0.0591. The van der Waals surface area contributed by atoms with Crippen molar-refractivity contribution >= 4 is 0 Å². The zero-order chi connectivity index (χ0) is 49.0. The summed E-state index contributed by atoms with van der Waals surface area (Å²) in [6.07, 6.45) is -8.74. The van der Waals surface area contributed by atoms with Gasteiger partial charge >= 0.3 is 0 Å². The molecule has 0 aromatic heterocycles. The van der Waals surface area contributed by atoms with Crippen molar-refractivity contribution < 1.29 is 52.5 Å². The summed E-state index contributed by atoms with van der Waals surface area (Å²) in [5.41, 5.74) is 6.80. The summed E-state index contributed by atoms with van der Waals surface area (Å²) in [5, 5.41) is 12.0. The Hall–Kier alpha value is -5.90. The van der Waals surface area contributed by atoms with Crippen LogP contribution in [-0.4, -0.2) is 79.7 Å². The number of hydrogen-bond acceptors (Lipinski definition) is 11. The summed E-state index contributed by atoms with van der Waals surface area (Å²) in [6.45, 7) is 1.89. The largest absolute Gasteiger partial charge is 0.374 e. The third kappa shape index (κ3) is 14.8. The van der Waals surface area contributed by atoms with E-state index in [0.29, 0.717) is 6.61 Å². The number of aliphatic hydroxyl groups excluding tert-OH is 1. The van der Waals surface area contributed by atoms with E-state index in [1.807, 2.05) is 212 Å². The first kappa shape index (κ1) is 51.0. The van der Waals surface area contributed by atoms with Gasteiger partial charge in [0.1, 0.15) is 48.8 Å². The van der Waals surface area contributed by atoms with Gasteiger partial charge in [-0.1, -0.05) is 212 Å². The summed E-state index contributed by atoms with van der Waals surface area (Å²) in [5.74, 6) is 0. The van der Waals surface area contributed by atoms with Crippen LogP contribution in [0.2, 0.25) is 0 Å². The first-order valence-electron chi connectivity index (χ1n) is 24.8. The average molecular weight is 973 g/mol. The Morgan fingerprint density at radius 3 is 0.917 bits per heavy atom. The van der Waals surface area contributed by atoms with Crippen LogP contribution in [0.5, 0.6) is 0 Å². The lowest BCUT2D eigenvalue weighted by atomic mass is 9.97. The minimum Gasteiger partial charge on any atom is -0.374 e. The maximum Gasteiger partial charge on any atom is 0.187 e. The zero-order valence-electron chi connectivity index (χ0n) is 40.4. The van der Waals surface area contributed by atoms with Crippen LogP contribution in [0.25, 0.3) is 0 Å². The summed E-state index contributed by atoms with van der Waals surface area (Å²) in [7, 11) is 0. The molecule has 2 saturated heterocycles. The van der Waals surface area contributed by atoms with Gasteiger partial charge in [-0.3, -0.25) is 0 Å². The molecule has 10 atom stereocenters. The van der Waals surface area contributed by atoms with Crippen molar-refractivity contribution in [3.05, 3.63) is 251 Å². The second-order valence-electron chi connectivity index (χ2n) is 18.0. The first-order valence-corrected chi connectivity index (χ1v) is 24.8. The van der Waals surface area contributed by atoms with E-state index in [1.165, 1.54) is 0 Å². The van der Waals surface area contributed by atoms with Crippen molar-refractivity contribution in [2.75, 3.05) is 13.2 Å². The lowest BCUT2D eigenvalue weighted by Crippen LogP contribution is -2.63. The number of rotatable bonds is 25. The molecule has 9 rings (SSSR count). The highest BCUT2D eigenvalue weighted by molar-refractivity contribution is 5.19. The van der Waals surface area contributed by atoms with Crippen LogP contribution in [0.4, 0.5) is 0 Å². The Morgan fingerprint density at radius 1 is 0.278 bits per heavy atom. The molecule has 11 heteroatoms. The molecule has 374 valence electrons. The predicted molar refractivity (Wildman–Crippen MR) is 272 cm³/mol. The third-order valence-corrected chi connectivity index (χ3v) is 12.7. The number of ether oxygens (including phenoxy) is 10. The molecule has 0 bridgehead atoms. The second kappa shape index (κ2) is 27.2. The first-order chi connectivity index (χ1) is 35.6. The van der Waals surface area contributed by atoms with E-state index in [-0.39, 0.29) is 52.9 Å². The van der Waals surface area contributed by atoms with Crippen LogP contribution < -0.4 is 0 Å².